The molecule has 0 bridgehead atoms. The van der Waals surface area contributed by atoms with Gasteiger partial charge in [-0.3, -0.25) is 4.79 Å². The summed E-state index contributed by atoms with van der Waals surface area (Å²) in [5.74, 6) is -0.145. The van der Waals surface area contributed by atoms with Crippen LogP contribution in [0.15, 0.2) is 4.52 Å². The van der Waals surface area contributed by atoms with E-state index in [2.05, 4.69) is 20.0 Å². The van der Waals surface area contributed by atoms with Crippen molar-refractivity contribution in [2.24, 2.45) is 5.73 Å². The maximum absolute atomic E-state index is 10.8. The summed E-state index contributed by atoms with van der Waals surface area (Å²) in [7, 11) is 1.48. The molecule has 6 nitrogen and oxygen atoms in total. The highest BCUT2D eigenvalue weighted by molar-refractivity contribution is 5.89. The number of rotatable bonds is 2. The lowest BCUT2D eigenvalue weighted by Crippen LogP contribution is -2.18. The van der Waals surface area contributed by atoms with E-state index in [0.717, 1.165) is 0 Å². The largest absolute Gasteiger partial charge is 0.351 e. The van der Waals surface area contributed by atoms with Gasteiger partial charge in [-0.05, 0) is 0 Å². The van der Waals surface area contributed by atoms with Crippen molar-refractivity contribution in [2.45, 2.75) is 6.54 Å². The molecule has 0 aliphatic carbocycles. The summed E-state index contributed by atoms with van der Waals surface area (Å²) in [6, 6.07) is 0. The van der Waals surface area contributed by atoms with E-state index in [9.17, 15) is 4.79 Å². The number of carbonyl (C=O) groups excluding carboxylic acids is 1. The molecular formula is C5H9ClN4O2. The minimum atomic E-state index is -0.405. The van der Waals surface area contributed by atoms with Crippen LogP contribution in [0.5, 0.6) is 0 Å². The predicted octanol–water partition coefficient (Wildman–Crippen LogP) is -0.690. The summed E-state index contributed by atoms with van der Waals surface area (Å²) >= 11 is 0. The summed E-state index contributed by atoms with van der Waals surface area (Å²) in [6.07, 6.45) is 0. The number of nitrogens with zero attached hydrogens (tertiary/aromatic N) is 2. The van der Waals surface area contributed by atoms with Gasteiger partial charge < -0.3 is 15.6 Å². The number of carbonyl (C=O) groups is 1. The minimum absolute atomic E-state index is 0. The first-order valence-electron chi connectivity index (χ1n) is 3.02. The molecule has 0 aromatic carbocycles. The number of halogens is 1. The molecule has 1 amide bonds. The monoisotopic (exact) mass is 192 g/mol. The number of nitrogens with two attached hydrogens (primary N) is 1. The highest BCUT2D eigenvalue weighted by Crippen LogP contribution is 1.94. The molecule has 0 unspecified atom stereocenters. The topological polar surface area (TPSA) is 94.0 Å². The third kappa shape index (κ3) is 2.18. The first-order valence-corrected chi connectivity index (χ1v) is 3.02. The van der Waals surface area contributed by atoms with E-state index in [1.807, 2.05) is 0 Å². The second-order valence-corrected chi connectivity index (χ2v) is 1.80. The van der Waals surface area contributed by atoms with E-state index in [0.29, 0.717) is 5.82 Å². The van der Waals surface area contributed by atoms with Gasteiger partial charge in [0, 0.05) is 7.05 Å². The van der Waals surface area contributed by atoms with Crippen molar-refractivity contribution in [2.75, 3.05) is 7.05 Å². The van der Waals surface area contributed by atoms with Crippen molar-refractivity contribution in [1.29, 1.82) is 0 Å². The maximum Gasteiger partial charge on any atom is 0.315 e. The smallest absolute Gasteiger partial charge is 0.315 e. The Balaban J connectivity index is 0.00000121. The normalized spacial score (nSPS) is 8.83. The van der Waals surface area contributed by atoms with Gasteiger partial charge in [0.2, 0.25) is 0 Å². The number of nitrogens with one attached hydrogen (secondary N) is 1. The summed E-state index contributed by atoms with van der Waals surface area (Å²) < 4.78 is 4.56. The number of hydrogen-bond donors (Lipinski definition) is 2. The molecule has 1 aromatic heterocycles. The molecule has 0 aliphatic heterocycles. The third-order valence-corrected chi connectivity index (χ3v) is 1.07. The van der Waals surface area contributed by atoms with Gasteiger partial charge >= 0.3 is 11.8 Å². The third-order valence-electron chi connectivity index (χ3n) is 1.07. The molecule has 0 saturated carbocycles. The van der Waals surface area contributed by atoms with E-state index in [1.165, 1.54) is 7.05 Å². The van der Waals surface area contributed by atoms with Crippen molar-refractivity contribution in [1.82, 2.24) is 15.5 Å². The Morgan fingerprint density at radius 2 is 2.42 bits per heavy atom. The Kier molecular flexibility index (Phi) is 4.24. The van der Waals surface area contributed by atoms with Gasteiger partial charge in [-0.25, -0.2) is 0 Å². The molecule has 0 fully saturated rings. The van der Waals surface area contributed by atoms with Crippen molar-refractivity contribution >= 4 is 18.3 Å². The summed E-state index contributed by atoms with van der Waals surface area (Å²) in [4.78, 5) is 14.5. The standard InChI is InChI=1S/C5H8N4O2.ClH/c1-7-4(10)5-8-3(2-6)9-11-5;/h2,6H2,1H3,(H,7,10);1H. The molecule has 68 valence electrons. The van der Waals surface area contributed by atoms with Gasteiger partial charge in [0.05, 0.1) is 6.54 Å². The molecule has 12 heavy (non-hydrogen) atoms. The van der Waals surface area contributed by atoms with Gasteiger partial charge in [-0.1, -0.05) is 5.16 Å². The highest BCUT2D eigenvalue weighted by atomic mass is 35.5. The first kappa shape index (κ1) is 10.9. The molecule has 1 aromatic rings. The van der Waals surface area contributed by atoms with E-state index < -0.39 is 5.91 Å². The van der Waals surface area contributed by atoms with Crippen LogP contribution in [0.25, 0.3) is 0 Å². The van der Waals surface area contributed by atoms with Crippen LogP contribution in [0, 0.1) is 0 Å². The van der Waals surface area contributed by atoms with Crippen LogP contribution in [0.3, 0.4) is 0 Å². The molecule has 0 saturated heterocycles. The molecule has 1 heterocycles. The lowest BCUT2D eigenvalue weighted by molar-refractivity contribution is 0.0919. The Labute approximate surface area is 74.9 Å². The summed E-state index contributed by atoms with van der Waals surface area (Å²) in [5.41, 5.74) is 5.19. The van der Waals surface area contributed by atoms with Crippen LogP contribution in [-0.2, 0) is 6.54 Å². The van der Waals surface area contributed by atoms with Crippen LogP contribution >= 0.6 is 12.4 Å². The van der Waals surface area contributed by atoms with Crippen LogP contribution in [0.1, 0.15) is 16.5 Å². The molecule has 0 aliphatic rings. The minimum Gasteiger partial charge on any atom is -0.351 e. The van der Waals surface area contributed by atoms with E-state index in [-0.39, 0.29) is 24.8 Å². The van der Waals surface area contributed by atoms with Gasteiger partial charge in [-0.2, -0.15) is 4.98 Å². The number of hydrogen-bond acceptors (Lipinski definition) is 5. The Morgan fingerprint density at radius 3 is 2.83 bits per heavy atom. The van der Waals surface area contributed by atoms with E-state index >= 15 is 0 Å². The quantitative estimate of drug-likeness (QED) is 0.647. The second kappa shape index (κ2) is 4.68. The van der Waals surface area contributed by atoms with E-state index in [1.54, 1.807) is 0 Å². The fourth-order valence-corrected chi connectivity index (χ4v) is 0.536. The van der Waals surface area contributed by atoms with Crippen LogP contribution < -0.4 is 11.1 Å². The summed E-state index contributed by atoms with van der Waals surface area (Å²) in [5, 5.41) is 5.77. The molecule has 0 radical (unpaired) electrons. The van der Waals surface area contributed by atoms with Gasteiger partial charge in [0.15, 0.2) is 5.82 Å². The molecular weight excluding hydrogens is 184 g/mol. The average molecular weight is 193 g/mol. The first-order chi connectivity index (χ1) is 5.27. The van der Waals surface area contributed by atoms with Crippen LogP contribution in [-0.4, -0.2) is 23.1 Å². The summed E-state index contributed by atoms with van der Waals surface area (Å²) in [6.45, 7) is 0.167. The predicted molar refractivity (Wildman–Crippen MR) is 42.8 cm³/mol. The molecule has 0 spiro atoms. The van der Waals surface area contributed by atoms with Crippen LogP contribution in [0.2, 0.25) is 0 Å². The molecule has 7 heteroatoms. The second-order valence-electron chi connectivity index (χ2n) is 1.80. The Morgan fingerprint density at radius 1 is 1.75 bits per heavy atom. The zero-order valence-electron chi connectivity index (χ0n) is 6.40. The van der Waals surface area contributed by atoms with Gasteiger partial charge in [0.1, 0.15) is 0 Å². The van der Waals surface area contributed by atoms with Crippen LogP contribution in [0.4, 0.5) is 0 Å². The lowest BCUT2D eigenvalue weighted by Gasteiger charge is -1.87. The fourth-order valence-electron chi connectivity index (χ4n) is 0.536. The lowest BCUT2D eigenvalue weighted by atomic mass is 10.6. The number of amides is 1. The fraction of sp³-hybridized carbons (Fsp3) is 0.400. The van der Waals surface area contributed by atoms with Crippen molar-refractivity contribution < 1.29 is 9.32 Å². The van der Waals surface area contributed by atoms with Gasteiger partial charge in [0.25, 0.3) is 0 Å². The van der Waals surface area contributed by atoms with E-state index in [4.69, 9.17) is 5.73 Å². The average Bonchev–Trinajstić information content (AvgIpc) is 2.50. The number of aromatic nitrogens is 2. The Hall–Kier alpha value is -1.14. The van der Waals surface area contributed by atoms with Crippen molar-refractivity contribution in [3.05, 3.63) is 11.7 Å². The Bertz CT molecular complexity index is 262. The maximum atomic E-state index is 10.8. The van der Waals surface area contributed by atoms with Crippen molar-refractivity contribution in [3.8, 4) is 0 Å². The highest BCUT2D eigenvalue weighted by Gasteiger charge is 2.11. The molecule has 1 rings (SSSR count). The SMILES string of the molecule is CNC(=O)c1nc(CN)no1.Cl. The zero-order chi connectivity index (χ0) is 8.27. The zero-order valence-corrected chi connectivity index (χ0v) is 7.22. The molecule has 3 N–H and O–H groups in total. The molecule has 0 atom stereocenters. The van der Waals surface area contributed by atoms with Crippen molar-refractivity contribution in [3.63, 3.8) is 0 Å². The van der Waals surface area contributed by atoms with Gasteiger partial charge in [-0.15, -0.1) is 12.4 Å².